The summed E-state index contributed by atoms with van der Waals surface area (Å²) in [5.41, 5.74) is 3.76. The first-order valence-corrected chi connectivity index (χ1v) is 7.81. The van der Waals surface area contributed by atoms with E-state index in [1.807, 2.05) is 0 Å². The smallest absolute Gasteiger partial charge is 0.138 e. The van der Waals surface area contributed by atoms with Gasteiger partial charge in [-0.05, 0) is 30.4 Å². The van der Waals surface area contributed by atoms with Crippen molar-refractivity contribution >= 4 is 11.0 Å². The number of fused-ring (bicyclic) bond motifs is 1. The molecule has 1 heterocycles. The first-order valence-electron chi connectivity index (χ1n) is 7.81. The zero-order valence-electron chi connectivity index (χ0n) is 13.4. The largest absolute Gasteiger partial charge is 0.459 e. The summed E-state index contributed by atoms with van der Waals surface area (Å²) < 4.78 is 6.24. The molecule has 2 nitrogen and oxygen atoms in total. The molecule has 0 aliphatic heterocycles. The van der Waals surface area contributed by atoms with Crippen molar-refractivity contribution in [2.45, 2.75) is 59.4 Å². The van der Waals surface area contributed by atoms with Crippen LogP contribution in [0.15, 0.2) is 22.6 Å². The molecule has 0 saturated heterocycles. The van der Waals surface area contributed by atoms with E-state index in [1.54, 1.807) is 0 Å². The predicted octanol–water partition coefficient (Wildman–Crippen LogP) is 5.18. The minimum Gasteiger partial charge on any atom is -0.459 e. The van der Waals surface area contributed by atoms with E-state index in [4.69, 9.17) is 4.42 Å². The van der Waals surface area contributed by atoms with E-state index in [9.17, 15) is 0 Å². The number of hydrogen-bond donors (Lipinski definition) is 1. The standard InChI is InChI=1S/C18H27NO/c1-6-10-19-11-16-17(13(4)5)15-9-7-8-14(12(2)3)18(15)20-16/h7-9,12-13,19H,6,10-11H2,1-5H3. The second kappa shape index (κ2) is 6.45. The number of hydrogen-bond acceptors (Lipinski definition) is 2. The van der Waals surface area contributed by atoms with Crippen molar-refractivity contribution in [2.75, 3.05) is 6.54 Å². The average Bonchev–Trinajstić information content (AvgIpc) is 2.76. The fraction of sp³-hybridized carbons (Fsp3) is 0.556. The van der Waals surface area contributed by atoms with Crippen LogP contribution in [0.1, 0.15) is 69.8 Å². The molecule has 2 aromatic rings. The van der Waals surface area contributed by atoms with E-state index in [-0.39, 0.29) is 0 Å². The van der Waals surface area contributed by atoms with E-state index >= 15 is 0 Å². The van der Waals surface area contributed by atoms with Gasteiger partial charge in [0.25, 0.3) is 0 Å². The Morgan fingerprint density at radius 2 is 1.85 bits per heavy atom. The zero-order chi connectivity index (χ0) is 14.7. The third-order valence-electron chi connectivity index (χ3n) is 3.77. The first kappa shape index (κ1) is 15.1. The van der Waals surface area contributed by atoms with Crippen molar-refractivity contribution in [3.63, 3.8) is 0 Å². The quantitative estimate of drug-likeness (QED) is 0.734. The van der Waals surface area contributed by atoms with E-state index in [0.29, 0.717) is 11.8 Å². The van der Waals surface area contributed by atoms with Crippen molar-refractivity contribution in [1.82, 2.24) is 5.32 Å². The number of nitrogens with one attached hydrogen (secondary N) is 1. The van der Waals surface area contributed by atoms with Crippen LogP contribution in [0.5, 0.6) is 0 Å². The van der Waals surface area contributed by atoms with Crippen molar-refractivity contribution in [3.05, 3.63) is 35.1 Å². The normalized spacial score (nSPS) is 11.9. The molecule has 2 rings (SSSR count). The SMILES string of the molecule is CCCNCc1oc2c(C(C)C)cccc2c1C(C)C. The van der Waals surface area contributed by atoms with Crippen LogP contribution in [0.25, 0.3) is 11.0 Å². The summed E-state index contributed by atoms with van der Waals surface area (Å²) in [4.78, 5) is 0. The Morgan fingerprint density at radius 3 is 2.45 bits per heavy atom. The summed E-state index contributed by atoms with van der Waals surface area (Å²) in [6.07, 6.45) is 1.15. The highest BCUT2D eigenvalue weighted by Gasteiger charge is 2.19. The lowest BCUT2D eigenvalue weighted by atomic mass is 9.95. The maximum Gasteiger partial charge on any atom is 0.138 e. The third kappa shape index (κ3) is 2.90. The minimum absolute atomic E-state index is 0.483. The highest BCUT2D eigenvalue weighted by molar-refractivity contribution is 5.86. The van der Waals surface area contributed by atoms with Crippen molar-refractivity contribution in [2.24, 2.45) is 0 Å². The molecule has 110 valence electrons. The van der Waals surface area contributed by atoms with Crippen LogP contribution in [0, 0.1) is 0 Å². The maximum absolute atomic E-state index is 6.24. The van der Waals surface area contributed by atoms with Crippen LogP contribution >= 0.6 is 0 Å². The summed E-state index contributed by atoms with van der Waals surface area (Å²) in [5, 5.41) is 4.75. The van der Waals surface area contributed by atoms with Gasteiger partial charge < -0.3 is 9.73 Å². The third-order valence-corrected chi connectivity index (χ3v) is 3.77. The Balaban J connectivity index is 2.51. The Hall–Kier alpha value is -1.28. The van der Waals surface area contributed by atoms with Gasteiger partial charge in [-0.25, -0.2) is 0 Å². The Labute approximate surface area is 122 Å². The van der Waals surface area contributed by atoms with Gasteiger partial charge in [-0.15, -0.1) is 0 Å². The molecular formula is C18H27NO. The summed E-state index contributed by atoms with van der Waals surface area (Å²) in [7, 11) is 0. The van der Waals surface area contributed by atoms with Gasteiger partial charge in [0, 0.05) is 10.9 Å². The van der Waals surface area contributed by atoms with Crippen molar-refractivity contribution in [3.8, 4) is 0 Å². The minimum atomic E-state index is 0.483. The highest BCUT2D eigenvalue weighted by atomic mass is 16.3. The van der Waals surface area contributed by atoms with E-state index in [1.165, 1.54) is 16.5 Å². The molecule has 0 radical (unpaired) electrons. The fourth-order valence-electron chi connectivity index (χ4n) is 2.81. The van der Waals surface area contributed by atoms with Crippen molar-refractivity contribution < 1.29 is 4.42 Å². The van der Waals surface area contributed by atoms with Gasteiger partial charge in [-0.1, -0.05) is 52.8 Å². The molecule has 0 aliphatic rings. The molecule has 1 N–H and O–H groups in total. The molecule has 1 aromatic carbocycles. The zero-order valence-corrected chi connectivity index (χ0v) is 13.4. The number of benzene rings is 1. The van der Waals surface area contributed by atoms with E-state index in [2.05, 4.69) is 58.1 Å². The van der Waals surface area contributed by atoms with Gasteiger partial charge in [0.15, 0.2) is 0 Å². The monoisotopic (exact) mass is 273 g/mol. The van der Waals surface area contributed by atoms with Crippen LogP contribution in [0.4, 0.5) is 0 Å². The van der Waals surface area contributed by atoms with E-state index < -0.39 is 0 Å². The average molecular weight is 273 g/mol. The summed E-state index contributed by atoms with van der Waals surface area (Å²) >= 11 is 0. The maximum atomic E-state index is 6.24. The molecule has 1 aromatic heterocycles. The molecule has 0 saturated carbocycles. The van der Waals surface area contributed by atoms with Crippen LogP contribution in [-0.4, -0.2) is 6.54 Å². The number of furan rings is 1. The topological polar surface area (TPSA) is 25.2 Å². The first-order chi connectivity index (χ1) is 9.56. The predicted molar refractivity (Wildman–Crippen MR) is 86.4 cm³/mol. The van der Waals surface area contributed by atoms with Gasteiger partial charge in [-0.3, -0.25) is 0 Å². The highest BCUT2D eigenvalue weighted by Crippen LogP contribution is 2.35. The Morgan fingerprint density at radius 1 is 1.10 bits per heavy atom. The van der Waals surface area contributed by atoms with Crippen LogP contribution < -0.4 is 5.32 Å². The number of para-hydroxylation sites is 1. The van der Waals surface area contributed by atoms with Gasteiger partial charge in [0.2, 0.25) is 0 Å². The molecule has 0 aliphatic carbocycles. The summed E-state index contributed by atoms with van der Waals surface area (Å²) in [6, 6.07) is 6.54. The van der Waals surface area contributed by atoms with Crippen LogP contribution in [0.3, 0.4) is 0 Å². The summed E-state index contributed by atoms with van der Waals surface area (Å²) in [6.45, 7) is 13.0. The number of rotatable bonds is 6. The van der Waals surface area contributed by atoms with Gasteiger partial charge in [0.1, 0.15) is 11.3 Å². The molecule has 0 atom stereocenters. The molecule has 20 heavy (non-hydrogen) atoms. The fourth-order valence-corrected chi connectivity index (χ4v) is 2.81. The Bertz CT molecular complexity index is 566. The molecule has 0 unspecified atom stereocenters. The van der Waals surface area contributed by atoms with Crippen LogP contribution in [-0.2, 0) is 6.54 Å². The lowest BCUT2D eigenvalue weighted by Gasteiger charge is -2.07. The van der Waals surface area contributed by atoms with Gasteiger partial charge in [0.05, 0.1) is 6.54 Å². The van der Waals surface area contributed by atoms with Gasteiger partial charge >= 0.3 is 0 Å². The second-order valence-corrected chi connectivity index (χ2v) is 6.15. The lowest BCUT2D eigenvalue weighted by Crippen LogP contribution is -2.14. The molecule has 0 spiro atoms. The van der Waals surface area contributed by atoms with Gasteiger partial charge in [-0.2, -0.15) is 0 Å². The van der Waals surface area contributed by atoms with Crippen molar-refractivity contribution in [1.29, 1.82) is 0 Å². The summed E-state index contributed by atoms with van der Waals surface area (Å²) in [5.74, 6) is 2.08. The lowest BCUT2D eigenvalue weighted by molar-refractivity contribution is 0.501. The second-order valence-electron chi connectivity index (χ2n) is 6.15. The Kier molecular flexibility index (Phi) is 4.87. The van der Waals surface area contributed by atoms with Crippen LogP contribution in [0.2, 0.25) is 0 Å². The van der Waals surface area contributed by atoms with E-state index in [0.717, 1.165) is 30.9 Å². The molecule has 0 bridgehead atoms. The molecule has 0 fully saturated rings. The molecular weight excluding hydrogens is 246 g/mol. The molecule has 2 heteroatoms. The molecule has 0 amide bonds.